The van der Waals surface area contributed by atoms with Crippen molar-refractivity contribution in [1.82, 2.24) is 5.32 Å². The van der Waals surface area contributed by atoms with E-state index in [0.29, 0.717) is 6.42 Å². The molecule has 1 amide bonds. The molecule has 59 heavy (non-hydrogen) atoms. The zero-order valence-corrected chi connectivity index (χ0v) is 39.1. The van der Waals surface area contributed by atoms with Crippen LogP contribution in [0.4, 0.5) is 0 Å². The second-order valence-corrected chi connectivity index (χ2v) is 17.9. The minimum Gasteiger partial charge on any atom is -0.463 e. The van der Waals surface area contributed by atoms with Crippen LogP contribution in [0.25, 0.3) is 0 Å². The molecule has 2 unspecified atom stereocenters. The van der Waals surface area contributed by atoms with E-state index in [9.17, 15) is 24.2 Å². The van der Waals surface area contributed by atoms with Gasteiger partial charge in [0.1, 0.15) is 12.7 Å². The molecule has 2 atom stereocenters. The van der Waals surface area contributed by atoms with Crippen molar-refractivity contribution >= 4 is 19.7 Å². The topological polar surface area (TPSA) is 131 Å². The predicted molar refractivity (Wildman–Crippen MR) is 247 cm³/mol. The summed E-state index contributed by atoms with van der Waals surface area (Å²) < 4.78 is 27.0. The van der Waals surface area contributed by atoms with E-state index in [1.54, 1.807) is 0 Å². The molecule has 0 radical (unpaired) electrons. The number of unbranched alkanes of at least 4 members (excludes halogenated alkanes) is 27. The summed E-state index contributed by atoms with van der Waals surface area (Å²) in [6, 6.07) is 0. The number of allylic oxidation sites excluding steroid dienone is 6. The summed E-state index contributed by atoms with van der Waals surface area (Å²) in [6.45, 7) is 3.55. The Bertz CT molecular complexity index is 1060. The Kier molecular flexibility index (Phi) is 44.4. The average Bonchev–Trinajstić information content (AvgIpc) is 3.22. The van der Waals surface area contributed by atoms with E-state index in [-0.39, 0.29) is 32.1 Å². The summed E-state index contributed by atoms with van der Waals surface area (Å²) in [7, 11) is -4.42. The zero-order chi connectivity index (χ0) is 43.2. The number of phosphoric acid groups is 1. The number of carbonyl (C=O) groups is 2. The summed E-state index contributed by atoms with van der Waals surface area (Å²) in [5.41, 5.74) is 0. The van der Waals surface area contributed by atoms with Crippen molar-refractivity contribution in [3.05, 3.63) is 36.5 Å². The lowest BCUT2D eigenvalue weighted by molar-refractivity contribution is -0.147. The molecule has 0 fully saturated rings. The van der Waals surface area contributed by atoms with Gasteiger partial charge in [-0.25, -0.2) is 4.57 Å². The quantitative estimate of drug-likeness (QED) is 0.0239. The molecule has 3 N–H and O–H groups in total. The second-order valence-electron chi connectivity index (χ2n) is 16.4. The molecule has 9 nitrogen and oxygen atoms in total. The van der Waals surface area contributed by atoms with Crippen molar-refractivity contribution in [2.24, 2.45) is 0 Å². The minimum atomic E-state index is -4.42. The number of hydrogen-bond donors (Lipinski definition) is 3. The Labute approximate surface area is 363 Å². The first kappa shape index (κ1) is 57.2. The van der Waals surface area contributed by atoms with Gasteiger partial charge in [0.15, 0.2) is 0 Å². The Morgan fingerprint density at radius 1 is 0.525 bits per heavy atom. The number of aliphatic hydroxyl groups excluding tert-OH is 1. The van der Waals surface area contributed by atoms with Gasteiger partial charge in [-0.05, 0) is 70.6 Å². The van der Waals surface area contributed by atoms with Gasteiger partial charge in [-0.1, -0.05) is 185 Å². The number of aliphatic hydroxyl groups is 1. The number of amides is 1. The lowest BCUT2D eigenvalue weighted by Gasteiger charge is -2.15. The number of esters is 1. The molecule has 0 aromatic carbocycles. The second kappa shape index (κ2) is 45.7. The summed E-state index contributed by atoms with van der Waals surface area (Å²) in [6.07, 6.45) is 52.2. The standard InChI is InChI=1S/C49H92NO8P/c1-3-5-7-9-11-13-15-17-19-21-23-25-27-29-31-33-35-37-39-41-48(52)50-43-44-57-59(54,55)58-46-47(51)45-56-49(53)42-40-38-36-34-32-30-28-26-24-22-20-18-16-14-12-10-8-6-4-2/h12,14,17-20,47,51H,3-11,13,15-16,21-46H2,1-2H3,(H,50,52)(H,54,55)/b14-12-,19-17+,20-18-. The highest BCUT2D eigenvalue weighted by molar-refractivity contribution is 7.47. The Morgan fingerprint density at radius 2 is 0.915 bits per heavy atom. The van der Waals surface area contributed by atoms with Gasteiger partial charge in [-0.3, -0.25) is 18.6 Å². The van der Waals surface area contributed by atoms with E-state index in [4.69, 9.17) is 13.8 Å². The number of phosphoric ester groups is 1. The molecular formula is C49H92NO8P. The van der Waals surface area contributed by atoms with Crippen LogP contribution >= 0.6 is 7.82 Å². The molecule has 0 bridgehead atoms. The normalized spacial score (nSPS) is 13.5. The SMILES string of the molecule is CCCCC/C=C\C/C=C\CCCCCCCCCCCC(=O)OCC(O)COP(=O)(O)OCCNC(=O)CCCCCCCCCCC/C=C/CCCCCCCC. The first-order valence-electron chi connectivity index (χ1n) is 24.5. The average molecular weight is 854 g/mol. The fourth-order valence-corrected chi connectivity index (χ4v) is 7.58. The molecule has 0 heterocycles. The maximum atomic E-state index is 12.1. The number of rotatable bonds is 46. The molecule has 0 aromatic rings. The van der Waals surface area contributed by atoms with Gasteiger partial charge in [0.05, 0.1) is 13.2 Å². The van der Waals surface area contributed by atoms with Gasteiger partial charge in [-0.15, -0.1) is 0 Å². The van der Waals surface area contributed by atoms with Gasteiger partial charge in [-0.2, -0.15) is 0 Å². The Balaban J connectivity index is 3.57. The highest BCUT2D eigenvalue weighted by atomic mass is 31.2. The van der Waals surface area contributed by atoms with Crippen LogP contribution in [0.3, 0.4) is 0 Å². The molecule has 0 saturated heterocycles. The molecular weight excluding hydrogens is 762 g/mol. The van der Waals surface area contributed by atoms with E-state index >= 15 is 0 Å². The van der Waals surface area contributed by atoms with Gasteiger partial charge in [0.2, 0.25) is 5.91 Å². The van der Waals surface area contributed by atoms with Gasteiger partial charge < -0.3 is 20.1 Å². The van der Waals surface area contributed by atoms with E-state index in [1.807, 2.05) is 0 Å². The highest BCUT2D eigenvalue weighted by Gasteiger charge is 2.23. The highest BCUT2D eigenvalue weighted by Crippen LogP contribution is 2.42. The first-order chi connectivity index (χ1) is 28.8. The monoisotopic (exact) mass is 854 g/mol. The van der Waals surface area contributed by atoms with E-state index in [1.165, 1.54) is 161 Å². The summed E-state index contributed by atoms with van der Waals surface area (Å²) in [4.78, 5) is 34.0. The lowest BCUT2D eigenvalue weighted by Crippen LogP contribution is -2.27. The predicted octanol–water partition coefficient (Wildman–Crippen LogP) is 14.1. The summed E-state index contributed by atoms with van der Waals surface area (Å²) in [5, 5.41) is 12.7. The van der Waals surface area contributed by atoms with E-state index in [2.05, 4.69) is 55.6 Å². The van der Waals surface area contributed by atoms with Crippen LogP contribution in [0.15, 0.2) is 36.5 Å². The van der Waals surface area contributed by atoms with E-state index < -0.39 is 26.5 Å². The molecule has 0 spiro atoms. The van der Waals surface area contributed by atoms with Crippen molar-refractivity contribution in [1.29, 1.82) is 0 Å². The number of carbonyl (C=O) groups excluding carboxylic acids is 2. The van der Waals surface area contributed by atoms with Crippen molar-refractivity contribution < 1.29 is 37.9 Å². The van der Waals surface area contributed by atoms with Crippen LogP contribution in [-0.4, -0.2) is 54.3 Å². The van der Waals surface area contributed by atoms with Crippen molar-refractivity contribution in [3.63, 3.8) is 0 Å². The molecule has 10 heteroatoms. The third kappa shape index (κ3) is 47.1. The van der Waals surface area contributed by atoms with Crippen molar-refractivity contribution in [3.8, 4) is 0 Å². The van der Waals surface area contributed by atoms with Crippen molar-refractivity contribution in [2.45, 2.75) is 238 Å². The third-order valence-corrected chi connectivity index (χ3v) is 11.5. The molecule has 0 aromatic heterocycles. The van der Waals surface area contributed by atoms with Crippen LogP contribution in [0.5, 0.6) is 0 Å². The number of nitrogens with one attached hydrogen (secondary N) is 1. The van der Waals surface area contributed by atoms with Crippen LogP contribution in [0.1, 0.15) is 232 Å². The molecule has 0 aliphatic rings. The third-order valence-electron chi connectivity index (χ3n) is 10.5. The maximum Gasteiger partial charge on any atom is 0.472 e. The Morgan fingerprint density at radius 3 is 1.41 bits per heavy atom. The fraction of sp³-hybridized carbons (Fsp3) is 0.837. The molecule has 0 rings (SSSR count). The maximum absolute atomic E-state index is 12.1. The molecule has 0 saturated carbocycles. The van der Waals surface area contributed by atoms with Gasteiger partial charge in [0, 0.05) is 19.4 Å². The number of hydrogen-bond acceptors (Lipinski definition) is 7. The largest absolute Gasteiger partial charge is 0.472 e. The molecule has 0 aliphatic heterocycles. The van der Waals surface area contributed by atoms with Crippen LogP contribution in [-0.2, 0) is 27.9 Å². The fourth-order valence-electron chi connectivity index (χ4n) is 6.82. The molecule has 346 valence electrons. The summed E-state index contributed by atoms with van der Waals surface area (Å²) >= 11 is 0. The van der Waals surface area contributed by atoms with Crippen LogP contribution < -0.4 is 5.32 Å². The molecule has 0 aliphatic carbocycles. The Hall–Kier alpha value is -1.77. The van der Waals surface area contributed by atoms with Gasteiger partial charge in [0.25, 0.3) is 0 Å². The van der Waals surface area contributed by atoms with E-state index in [0.717, 1.165) is 44.9 Å². The first-order valence-corrected chi connectivity index (χ1v) is 26.0. The summed E-state index contributed by atoms with van der Waals surface area (Å²) in [5.74, 6) is -0.517. The van der Waals surface area contributed by atoms with Crippen molar-refractivity contribution in [2.75, 3.05) is 26.4 Å². The zero-order valence-electron chi connectivity index (χ0n) is 38.2. The van der Waals surface area contributed by atoms with Crippen LogP contribution in [0, 0.1) is 0 Å². The number of ether oxygens (including phenoxy) is 1. The van der Waals surface area contributed by atoms with Crippen LogP contribution in [0.2, 0.25) is 0 Å². The lowest BCUT2D eigenvalue weighted by atomic mass is 10.1. The minimum absolute atomic E-state index is 0.0811. The van der Waals surface area contributed by atoms with Gasteiger partial charge >= 0.3 is 13.8 Å². The smallest absolute Gasteiger partial charge is 0.463 e.